The third-order valence-electron chi connectivity index (χ3n) is 9.43. The summed E-state index contributed by atoms with van der Waals surface area (Å²) in [6.45, 7) is 0. The van der Waals surface area contributed by atoms with Gasteiger partial charge in [0.2, 0.25) is 5.89 Å². The lowest BCUT2D eigenvalue weighted by molar-refractivity contribution is 0.620. The van der Waals surface area contributed by atoms with Crippen molar-refractivity contribution in [3.05, 3.63) is 164 Å². The van der Waals surface area contributed by atoms with Crippen molar-refractivity contribution in [2.45, 2.75) is 0 Å². The van der Waals surface area contributed by atoms with E-state index >= 15 is 0 Å². The van der Waals surface area contributed by atoms with Gasteiger partial charge in [0.05, 0.1) is 22.2 Å². The summed E-state index contributed by atoms with van der Waals surface area (Å²) in [6, 6.07) is 57.4. The molecule has 0 bridgehead atoms. The molecule has 7 aromatic carbocycles. The Morgan fingerprint density at radius 1 is 0.417 bits per heavy atom. The average Bonchev–Trinajstić information content (AvgIpc) is 3.75. The van der Waals surface area contributed by atoms with Gasteiger partial charge < -0.3 is 8.98 Å². The second-order valence-corrected chi connectivity index (χ2v) is 12.2. The summed E-state index contributed by atoms with van der Waals surface area (Å²) in [5.41, 5.74) is 11.5. The number of rotatable bonds is 4. The van der Waals surface area contributed by atoms with Crippen molar-refractivity contribution in [3.63, 3.8) is 0 Å². The van der Waals surface area contributed by atoms with Crippen LogP contribution in [0.5, 0.6) is 0 Å². The predicted octanol–water partition coefficient (Wildman–Crippen LogP) is 11.6. The normalized spacial score (nSPS) is 11.8. The number of oxazole rings is 1. The van der Waals surface area contributed by atoms with Crippen LogP contribution in [0.1, 0.15) is 0 Å². The number of para-hydroxylation sites is 5. The summed E-state index contributed by atoms with van der Waals surface area (Å²) < 4.78 is 8.40. The highest BCUT2D eigenvalue weighted by molar-refractivity contribution is 6.26. The van der Waals surface area contributed by atoms with E-state index in [0.29, 0.717) is 5.89 Å². The van der Waals surface area contributed by atoms with E-state index in [1.807, 2.05) is 24.3 Å². The molecule has 0 fully saturated rings. The van der Waals surface area contributed by atoms with Gasteiger partial charge in [-0.2, -0.15) is 0 Å². The van der Waals surface area contributed by atoms with E-state index < -0.39 is 0 Å². The minimum absolute atomic E-state index is 0.632. The molecule has 0 saturated heterocycles. The van der Waals surface area contributed by atoms with Crippen LogP contribution in [0.4, 0.5) is 0 Å². The smallest absolute Gasteiger partial charge is 0.227 e. The van der Waals surface area contributed by atoms with Gasteiger partial charge in [-0.05, 0) is 59.7 Å². The largest absolute Gasteiger partial charge is 0.436 e. The number of nitrogens with zero attached hydrogens (tertiary/aromatic N) is 3. The first-order valence-corrected chi connectivity index (χ1v) is 16.2. The first-order chi connectivity index (χ1) is 23.8. The van der Waals surface area contributed by atoms with Gasteiger partial charge in [-0.25, -0.2) is 9.97 Å². The Balaban J connectivity index is 1.13. The number of hydrogen-bond donors (Lipinski definition) is 0. The maximum atomic E-state index is 5.99. The van der Waals surface area contributed by atoms with Crippen molar-refractivity contribution in [1.29, 1.82) is 0 Å². The second-order valence-electron chi connectivity index (χ2n) is 12.2. The van der Waals surface area contributed by atoms with Crippen molar-refractivity contribution in [2.24, 2.45) is 0 Å². The topological polar surface area (TPSA) is 43.9 Å². The lowest BCUT2D eigenvalue weighted by atomic mass is 9.96. The van der Waals surface area contributed by atoms with Crippen LogP contribution < -0.4 is 0 Å². The van der Waals surface area contributed by atoms with Crippen molar-refractivity contribution in [2.75, 3.05) is 0 Å². The number of hydrogen-bond acceptors (Lipinski definition) is 3. The Morgan fingerprint density at radius 3 is 1.79 bits per heavy atom. The summed E-state index contributed by atoms with van der Waals surface area (Å²) in [6.07, 6.45) is 0. The molecule has 0 unspecified atom stereocenters. The zero-order chi connectivity index (χ0) is 31.6. The van der Waals surface area contributed by atoms with Crippen LogP contribution in [0.2, 0.25) is 0 Å². The maximum Gasteiger partial charge on any atom is 0.227 e. The van der Waals surface area contributed by atoms with Crippen molar-refractivity contribution < 1.29 is 4.42 Å². The fourth-order valence-corrected chi connectivity index (χ4v) is 7.18. The van der Waals surface area contributed by atoms with E-state index in [2.05, 4.69) is 149 Å². The number of aromatic nitrogens is 3. The summed E-state index contributed by atoms with van der Waals surface area (Å²) >= 11 is 0. The minimum Gasteiger partial charge on any atom is -0.436 e. The molecule has 4 heteroatoms. The molecule has 0 saturated carbocycles. The average molecular weight is 614 g/mol. The van der Waals surface area contributed by atoms with Gasteiger partial charge in [0, 0.05) is 43.7 Å². The Kier molecular flexibility index (Phi) is 5.84. The standard InChI is InChI=1S/C44H27N3O/c1-2-10-32(11-3-1)47-39-16-8-5-12-33(39)34-26-27-36-41(43(34)47)35-13-4-6-14-37(35)45-42(36)30-22-18-28(19-23-30)29-20-24-31(25-21-29)44-46-38-15-7-9-17-40(38)48-44/h1-27H. The fraction of sp³-hybridized carbons (Fsp3) is 0. The van der Waals surface area contributed by atoms with Gasteiger partial charge >= 0.3 is 0 Å². The van der Waals surface area contributed by atoms with Crippen LogP contribution >= 0.6 is 0 Å². The van der Waals surface area contributed by atoms with Crippen molar-refractivity contribution in [1.82, 2.24) is 14.5 Å². The van der Waals surface area contributed by atoms with Gasteiger partial charge in [-0.1, -0.05) is 115 Å². The summed E-state index contributed by atoms with van der Waals surface area (Å²) in [5, 5.41) is 5.98. The molecule has 0 N–H and O–H groups in total. The molecule has 3 heterocycles. The minimum atomic E-state index is 0.632. The fourth-order valence-electron chi connectivity index (χ4n) is 7.18. The predicted molar refractivity (Wildman–Crippen MR) is 197 cm³/mol. The highest BCUT2D eigenvalue weighted by Crippen LogP contribution is 2.42. The molecule has 0 aliphatic heterocycles. The summed E-state index contributed by atoms with van der Waals surface area (Å²) in [5.74, 6) is 0.632. The van der Waals surface area contributed by atoms with Gasteiger partial charge in [-0.15, -0.1) is 0 Å². The molecule has 10 aromatic rings. The molecule has 224 valence electrons. The number of benzene rings is 7. The lowest BCUT2D eigenvalue weighted by Gasteiger charge is -2.14. The van der Waals surface area contributed by atoms with E-state index in [9.17, 15) is 0 Å². The monoisotopic (exact) mass is 613 g/mol. The van der Waals surface area contributed by atoms with Crippen LogP contribution in [-0.4, -0.2) is 14.5 Å². The van der Waals surface area contributed by atoms with Crippen LogP contribution in [-0.2, 0) is 0 Å². The Hall–Kier alpha value is -6.52. The van der Waals surface area contributed by atoms with E-state index in [-0.39, 0.29) is 0 Å². The first-order valence-electron chi connectivity index (χ1n) is 16.2. The highest BCUT2D eigenvalue weighted by atomic mass is 16.3. The number of pyridine rings is 1. The van der Waals surface area contributed by atoms with E-state index in [1.54, 1.807) is 0 Å². The first kappa shape index (κ1) is 26.7. The zero-order valence-corrected chi connectivity index (χ0v) is 25.8. The third kappa shape index (κ3) is 4.10. The van der Waals surface area contributed by atoms with Crippen LogP contribution in [0, 0.1) is 0 Å². The summed E-state index contributed by atoms with van der Waals surface area (Å²) in [7, 11) is 0. The van der Waals surface area contributed by atoms with Gasteiger partial charge in [0.25, 0.3) is 0 Å². The molecule has 48 heavy (non-hydrogen) atoms. The maximum absolute atomic E-state index is 5.99. The molecule has 0 amide bonds. The van der Waals surface area contributed by atoms with E-state index in [4.69, 9.17) is 9.40 Å². The molecule has 0 aliphatic carbocycles. The SMILES string of the molecule is c1ccc(-n2c3ccccc3c3ccc4c(-c5ccc(-c6ccc(-c7nc8ccccc8o7)cc6)cc5)nc5ccccc5c4c32)cc1. The zero-order valence-electron chi connectivity index (χ0n) is 25.8. The van der Waals surface area contributed by atoms with Crippen LogP contribution in [0.3, 0.4) is 0 Å². The van der Waals surface area contributed by atoms with Gasteiger partial charge in [0.1, 0.15) is 5.52 Å². The molecule has 0 atom stereocenters. The Bertz CT molecular complexity index is 2780. The van der Waals surface area contributed by atoms with Crippen molar-refractivity contribution in [3.8, 4) is 39.5 Å². The summed E-state index contributed by atoms with van der Waals surface area (Å²) in [4.78, 5) is 9.93. The Morgan fingerprint density at radius 2 is 1.02 bits per heavy atom. The van der Waals surface area contributed by atoms with Gasteiger partial charge in [0.15, 0.2) is 5.58 Å². The molecule has 10 rings (SSSR count). The Labute approximate surface area is 276 Å². The number of fused-ring (bicyclic) bond motifs is 8. The quantitative estimate of drug-likeness (QED) is 0.186. The van der Waals surface area contributed by atoms with Crippen LogP contribution in [0.15, 0.2) is 168 Å². The van der Waals surface area contributed by atoms with Crippen molar-refractivity contribution >= 4 is 54.6 Å². The molecule has 0 radical (unpaired) electrons. The molecule has 0 spiro atoms. The molecular formula is C44H27N3O. The third-order valence-corrected chi connectivity index (χ3v) is 9.43. The highest BCUT2D eigenvalue weighted by Gasteiger charge is 2.19. The second kappa shape index (κ2) is 10.5. The van der Waals surface area contributed by atoms with Crippen LogP contribution in [0.25, 0.3) is 94.1 Å². The van der Waals surface area contributed by atoms with E-state index in [1.165, 1.54) is 27.2 Å². The molecular weight excluding hydrogens is 587 g/mol. The molecule has 3 aromatic heterocycles. The molecule has 0 aliphatic rings. The van der Waals surface area contributed by atoms with E-state index in [0.717, 1.165) is 61.0 Å². The lowest BCUT2D eigenvalue weighted by Crippen LogP contribution is -1.96. The van der Waals surface area contributed by atoms with Gasteiger partial charge in [-0.3, -0.25) is 0 Å². The molecule has 4 nitrogen and oxygen atoms in total.